The molecule has 1 N–H and O–H groups in total. The van der Waals surface area contributed by atoms with Gasteiger partial charge in [0.1, 0.15) is 12.4 Å². The van der Waals surface area contributed by atoms with Gasteiger partial charge in [-0.15, -0.1) is 0 Å². The molecule has 0 unspecified atom stereocenters. The largest absolute Gasteiger partial charge is 0.494 e. The number of nitrogens with one attached hydrogen (secondary N) is 1. The van der Waals surface area contributed by atoms with Crippen LogP contribution in [0.5, 0.6) is 5.75 Å². The summed E-state index contributed by atoms with van der Waals surface area (Å²) in [6.07, 6.45) is -0.382. The predicted molar refractivity (Wildman–Crippen MR) is 62.5 cm³/mol. The van der Waals surface area contributed by atoms with Crippen molar-refractivity contribution in [1.82, 2.24) is 5.32 Å². The molecule has 1 atom stereocenters. The Balaban J connectivity index is 2.29. The summed E-state index contributed by atoms with van der Waals surface area (Å²) in [5, 5.41) is 2.73. The van der Waals surface area contributed by atoms with Gasteiger partial charge in [-0.2, -0.15) is 0 Å². The molecule has 4 nitrogen and oxygen atoms in total. The molecule has 1 aliphatic heterocycles. The molecule has 0 radical (unpaired) electrons. The third-order valence-electron chi connectivity index (χ3n) is 2.32. The summed E-state index contributed by atoms with van der Waals surface area (Å²) in [4.78, 5) is 11.0. The van der Waals surface area contributed by atoms with Crippen molar-refractivity contribution >= 4 is 22.0 Å². The number of alkyl carbamates (subject to hydrolysis) is 1. The Hall–Kier alpha value is -1.23. The molecule has 5 heteroatoms. The van der Waals surface area contributed by atoms with E-state index >= 15 is 0 Å². The topological polar surface area (TPSA) is 47.6 Å². The molecule has 0 spiro atoms. The number of hydrogen-bond donors (Lipinski definition) is 1. The fraction of sp³-hybridized carbons (Fsp3) is 0.364. The minimum absolute atomic E-state index is 0.133. The SMILES string of the molecule is CCOc1ccc(Br)cc1[C@@H]1COC(=O)N1. The van der Waals surface area contributed by atoms with Crippen LogP contribution in [0.2, 0.25) is 0 Å². The van der Waals surface area contributed by atoms with Crippen LogP contribution in [0, 0.1) is 0 Å². The average Bonchev–Trinajstić information content (AvgIpc) is 2.68. The van der Waals surface area contributed by atoms with Gasteiger partial charge in [0.25, 0.3) is 0 Å². The van der Waals surface area contributed by atoms with E-state index in [2.05, 4.69) is 21.2 Å². The molecule has 1 heterocycles. The van der Waals surface area contributed by atoms with Crippen molar-refractivity contribution in [2.45, 2.75) is 13.0 Å². The molecule has 0 aromatic heterocycles. The van der Waals surface area contributed by atoms with Crippen LogP contribution in [0.4, 0.5) is 4.79 Å². The molecule has 1 saturated heterocycles. The van der Waals surface area contributed by atoms with Gasteiger partial charge in [-0.1, -0.05) is 15.9 Å². The summed E-state index contributed by atoms with van der Waals surface area (Å²) in [6, 6.07) is 5.59. The minimum atomic E-state index is -0.382. The maximum atomic E-state index is 11.0. The van der Waals surface area contributed by atoms with Crippen LogP contribution in [-0.2, 0) is 4.74 Å². The molecule has 16 heavy (non-hydrogen) atoms. The molecule has 0 bridgehead atoms. The lowest BCUT2D eigenvalue weighted by atomic mass is 10.1. The van der Waals surface area contributed by atoms with Gasteiger partial charge in [0, 0.05) is 10.0 Å². The number of carbonyl (C=O) groups is 1. The number of ether oxygens (including phenoxy) is 2. The van der Waals surface area contributed by atoms with Crippen molar-refractivity contribution in [3.05, 3.63) is 28.2 Å². The van der Waals surface area contributed by atoms with E-state index in [0.29, 0.717) is 13.2 Å². The summed E-state index contributed by atoms with van der Waals surface area (Å²) < 4.78 is 11.3. The van der Waals surface area contributed by atoms with Gasteiger partial charge in [0.05, 0.1) is 12.6 Å². The molecule has 1 aromatic carbocycles. The third-order valence-corrected chi connectivity index (χ3v) is 2.81. The van der Waals surface area contributed by atoms with Crippen LogP contribution in [-0.4, -0.2) is 19.3 Å². The molecule has 0 saturated carbocycles. The van der Waals surface area contributed by atoms with E-state index in [1.54, 1.807) is 0 Å². The Morgan fingerprint density at radius 1 is 1.62 bits per heavy atom. The van der Waals surface area contributed by atoms with E-state index < -0.39 is 0 Å². The average molecular weight is 286 g/mol. The fourth-order valence-corrected chi connectivity index (χ4v) is 2.01. The van der Waals surface area contributed by atoms with Crippen molar-refractivity contribution in [2.75, 3.05) is 13.2 Å². The van der Waals surface area contributed by atoms with Crippen LogP contribution in [0.1, 0.15) is 18.5 Å². The van der Waals surface area contributed by atoms with Crippen LogP contribution in [0.25, 0.3) is 0 Å². The number of halogens is 1. The van der Waals surface area contributed by atoms with Crippen molar-refractivity contribution in [3.8, 4) is 5.75 Å². The maximum Gasteiger partial charge on any atom is 0.407 e. The molecule has 1 aliphatic rings. The fourth-order valence-electron chi connectivity index (χ4n) is 1.63. The number of carbonyl (C=O) groups excluding carboxylic acids is 1. The molecule has 1 aromatic rings. The number of cyclic esters (lactones) is 1. The molecule has 0 aliphatic carbocycles. The van der Waals surface area contributed by atoms with Gasteiger partial charge < -0.3 is 14.8 Å². The Morgan fingerprint density at radius 2 is 2.44 bits per heavy atom. The monoisotopic (exact) mass is 285 g/mol. The van der Waals surface area contributed by atoms with E-state index in [4.69, 9.17) is 9.47 Å². The van der Waals surface area contributed by atoms with Crippen molar-refractivity contribution in [2.24, 2.45) is 0 Å². The normalized spacial score (nSPS) is 19.1. The maximum absolute atomic E-state index is 11.0. The lowest BCUT2D eigenvalue weighted by Gasteiger charge is -2.14. The summed E-state index contributed by atoms with van der Waals surface area (Å²) in [5.74, 6) is 0.779. The third kappa shape index (κ3) is 2.29. The molecule has 1 amide bonds. The van der Waals surface area contributed by atoms with Crippen molar-refractivity contribution in [1.29, 1.82) is 0 Å². The van der Waals surface area contributed by atoms with Gasteiger partial charge in [0.2, 0.25) is 0 Å². The second kappa shape index (κ2) is 4.74. The zero-order valence-corrected chi connectivity index (χ0v) is 10.4. The molecular weight excluding hydrogens is 274 g/mol. The Labute approximate surface area is 102 Å². The van der Waals surface area contributed by atoms with Gasteiger partial charge >= 0.3 is 6.09 Å². The van der Waals surface area contributed by atoms with E-state index in [1.807, 2.05) is 25.1 Å². The first-order valence-electron chi connectivity index (χ1n) is 5.06. The number of amides is 1. The summed E-state index contributed by atoms with van der Waals surface area (Å²) in [7, 11) is 0. The quantitative estimate of drug-likeness (QED) is 0.929. The standard InChI is InChI=1S/C11H12BrNO3/c1-2-15-10-4-3-7(12)5-8(10)9-6-16-11(14)13-9/h3-5,9H,2,6H2,1H3,(H,13,14)/t9-/m0/s1. The predicted octanol–water partition coefficient (Wildman–Crippen LogP) is 2.63. The highest BCUT2D eigenvalue weighted by Gasteiger charge is 2.26. The number of benzene rings is 1. The van der Waals surface area contributed by atoms with Crippen LogP contribution < -0.4 is 10.1 Å². The summed E-state index contributed by atoms with van der Waals surface area (Å²) in [6.45, 7) is 2.86. The van der Waals surface area contributed by atoms with E-state index in [1.165, 1.54) is 0 Å². The second-order valence-corrected chi connectivity index (χ2v) is 4.33. The van der Waals surface area contributed by atoms with Gasteiger partial charge in [-0.3, -0.25) is 0 Å². The van der Waals surface area contributed by atoms with Gasteiger partial charge in [-0.05, 0) is 25.1 Å². The first kappa shape index (κ1) is 11.3. The zero-order valence-electron chi connectivity index (χ0n) is 8.83. The van der Waals surface area contributed by atoms with E-state index in [-0.39, 0.29) is 12.1 Å². The molecular formula is C11H12BrNO3. The number of hydrogen-bond acceptors (Lipinski definition) is 3. The van der Waals surface area contributed by atoms with Crippen LogP contribution >= 0.6 is 15.9 Å². The highest BCUT2D eigenvalue weighted by molar-refractivity contribution is 9.10. The molecule has 86 valence electrons. The lowest BCUT2D eigenvalue weighted by molar-refractivity contribution is 0.176. The highest BCUT2D eigenvalue weighted by atomic mass is 79.9. The van der Waals surface area contributed by atoms with Crippen LogP contribution in [0.15, 0.2) is 22.7 Å². The van der Waals surface area contributed by atoms with Gasteiger partial charge in [-0.25, -0.2) is 4.79 Å². The minimum Gasteiger partial charge on any atom is -0.494 e. The first-order chi connectivity index (χ1) is 7.70. The highest BCUT2D eigenvalue weighted by Crippen LogP contribution is 2.30. The van der Waals surface area contributed by atoms with Crippen molar-refractivity contribution < 1.29 is 14.3 Å². The smallest absolute Gasteiger partial charge is 0.407 e. The Morgan fingerprint density at radius 3 is 3.06 bits per heavy atom. The number of rotatable bonds is 3. The van der Waals surface area contributed by atoms with E-state index in [0.717, 1.165) is 15.8 Å². The second-order valence-electron chi connectivity index (χ2n) is 3.41. The lowest BCUT2D eigenvalue weighted by Crippen LogP contribution is -2.19. The van der Waals surface area contributed by atoms with Crippen LogP contribution in [0.3, 0.4) is 0 Å². The molecule has 2 rings (SSSR count). The first-order valence-corrected chi connectivity index (χ1v) is 5.85. The Bertz CT molecular complexity index is 408. The summed E-state index contributed by atoms with van der Waals surface area (Å²) >= 11 is 3.40. The zero-order chi connectivity index (χ0) is 11.5. The Kier molecular flexibility index (Phi) is 3.33. The molecule has 1 fully saturated rings. The van der Waals surface area contributed by atoms with Crippen molar-refractivity contribution in [3.63, 3.8) is 0 Å². The summed E-state index contributed by atoms with van der Waals surface area (Å²) in [5.41, 5.74) is 0.932. The van der Waals surface area contributed by atoms with Gasteiger partial charge in [0.15, 0.2) is 0 Å². The van der Waals surface area contributed by atoms with E-state index in [9.17, 15) is 4.79 Å².